The van der Waals surface area contributed by atoms with Gasteiger partial charge in [0, 0.05) is 6.54 Å². The van der Waals surface area contributed by atoms with Gasteiger partial charge in [-0.25, -0.2) is 4.98 Å². The fourth-order valence-corrected chi connectivity index (χ4v) is 1.31. The molecule has 0 fully saturated rings. The van der Waals surface area contributed by atoms with Crippen molar-refractivity contribution in [1.82, 2.24) is 10.3 Å². The standard InChI is InChI=1S/C10H12N2O2/c1-11-6-8(13)10-12-7-4-2-3-5-9(7)14-10/h2-5,8,11,13H,6H2,1H3. The number of hydrogen-bond donors (Lipinski definition) is 2. The smallest absolute Gasteiger partial charge is 0.225 e. The van der Waals surface area contributed by atoms with Crippen LogP contribution in [0.25, 0.3) is 11.1 Å². The minimum absolute atomic E-state index is 0.362. The van der Waals surface area contributed by atoms with E-state index in [9.17, 15) is 5.11 Å². The number of para-hydroxylation sites is 2. The van der Waals surface area contributed by atoms with Crippen molar-refractivity contribution in [3.8, 4) is 0 Å². The second kappa shape index (κ2) is 3.77. The van der Waals surface area contributed by atoms with E-state index in [4.69, 9.17) is 4.42 Å². The molecule has 1 aromatic carbocycles. The molecule has 4 nitrogen and oxygen atoms in total. The first-order valence-electron chi connectivity index (χ1n) is 4.49. The van der Waals surface area contributed by atoms with Gasteiger partial charge >= 0.3 is 0 Å². The van der Waals surface area contributed by atoms with Crippen LogP contribution in [-0.4, -0.2) is 23.7 Å². The van der Waals surface area contributed by atoms with Crippen LogP contribution in [0.5, 0.6) is 0 Å². The Morgan fingerprint density at radius 1 is 1.50 bits per heavy atom. The van der Waals surface area contributed by atoms with E-state index in [-0.39, 0.29) is 0 Å². The predicted molar refractivity (Wildman–Crippen MR) is 52.9 cm³/mol. The number of nitrogens with zero attached hydrogens (tertiary/aromatic N) is 1. The van der Waals surface area contributed by atoms with E-state index >= 15 is 0 Å². The van der Waals surface area contributed by atoms with Crippen LogP contribution in [0.2, 0.25) is 0 Å². The molecular formula is C10H12N2O2. The third kappa shape index (κ3) is 1.62. The molecular weight excluding hydrogens is 180 g/mol. The third-order valence-corrected chi connectivity index (χ3v) is 1.99. The summed E-state index contributed by atoms with van der Waals surface area (Å²) in [5.74, 6) is 0.362. The first-order valence-corrected chi connectivity index (χ1v) is 4.49. The Hall–Kier alpha value is -1.39. The topological polar surface area (TPSA) is 58.3 Å². The largest absolute Gasteiger partial charge is 0.438 e. The lowest BCUT2D eigenvalue weighted by Gasteiger charge is -2.03. The first kappa shape index (κ1) is 9.18. The molecule has 14 heavy (non-hydrogen) atoms. The van der Waals surface area contributed by atoms with Crippen molar-refractivity contribution in [3.05, 3.63) is 30.2 Å². The van der Waals surface area contributed by atoms with Crippen molar-refractivity contribution in [2.75, 3.05) is 13.6 Å². The summed E-state index contributed by atoms with van der Waals surface area (Å²) >= 11 is 0. The lowest BCUT2D eigenvalue weighted by Crippen LogP contribution is -2.16. The Kier molecular flexibility index (Phi) is 2.47. The van der Waals surface area contributed by atoms with Gasteiger partial charge in [-0.15, -0.1) is 0 Å². The maximum Gasteiger partial charge on any atom is 0.225 e. The number of likely N-dealkylation sites (N-methyl/N-ethyl adjacent to an activating group) is 1. The van der Waals surface area contributed by atoms with Gasteiger partial charge in [0.15, 0.2) is 5.58 Å². The molecule has 0 spiro atoms. The Labute approximate surface area is 81.6 Å². The highest BCUT2D eigenvalue weighted by Gasteiger charge is 2.13. The summed E-state index contributed by atoms with van der Waals surface area (Å²) in [6.45, 7) is 0.437. The molecule has 1 heterocycles. The van der Waals surface area contributed by atoms with Crippen LogP contribution < -0.4 is 5.32 Å². The second-order valence-corrected chi connectivity index (χ2v) is 3.09. The highest BCUT2D eigenvalue weighted by molar-refractivity contribution is 5.72. The van der Waals surface area contributed by atoms with Gasteiger partial charge in [-0.2, -0.15) is 0 Å². The van der Waals surface area contributed by atoms with E-state index in [1.807, 2.05) is 24.3 Å². The average Bonchev–Trinajstić information content (AvgIpc) is 2.61. The van der Waals surface area contributed by atoms with Crippen molar-refractivity contribution in [2.24, 2.45) is 0 Å². The predicted octanol–water partition coefficient (Wildman–Crippen LogP) is 1.08. The van der Waals surface area contributed by atoms with Crippen molar-refractivity contribution in [2.45, 2.75) is 6.10 Å². The maximum absolute atomic E-state index is 9.60. The molecule has 0 aliphatic rings. The van der Waals surface area contributed by atoms with Crippen LogP contribution in [0, 0.1) is 0 Å². The lowest BCUT2D eigenvalue weighted by molar-refractivity contribution is 0.146. The van der Waals surface area contributed by atoms with Crippen molar-refractivity contribution >= 4 is 11.1 Å². The summed E-state index contributed by atoms with van der Waals surface area (Å²) in [7, 11) is 1.77. The molecule has 0 radical (unpaired) electrons. The SMILES string of the molecule is CNCC(O)c1nc2ccccc2o1. The number of aromatic nitrogens is 1. The van der Waals surface area contributed by atoms with Crippen molar-refractivity contribution < 1.29 is 9.52 Å². The van der Waals surface area contributed by atoms with Crippen LogP contribution >= 0.6 is 0 Å². The molecule has 2 aromatic rings. The summed E-state index contributed by atoms with van der Waals surface area (Å²) in [6.07, 6.45) is -0.688. The van der Waals surface area contributed by atoms with Crippen LogP contribution in [0.3, 0.4) is 0 Å². The number of hydrogen-bond acceptors (Lipinski definition) is 4. The van der Waals surface area contributed by atoms with E-state index in [0.717, 1.165) is 5.52 Å². The first-order chi connectivity index (χ1) is 6.81. The number of oxazole rings is 1. The zero-order valence-corrected chi connectivity index (χ0v) is 7.90. The zero-order chi connectivity index (χ0) is 9.97. The molecule has 1 atom stereocenters. The van der Waals surface area contributed by atoms with Gasteiger partial charge in [0.05, 0.1) is 0 Å². The van der Waals surface area contributed by atoms with Gasteiger partial charge in [-0.05, 0) is 19.2 Å². The highest BCUT2D eigenvalue weighted by Crippen LogP contribution is 2.19. The minimum Gasteiger partial charge on any atom is -0.438 e. The van der Waals surface area contributed by atoms with Gasteiger partial charge in [0.25, 0.3) is 0 Å². The van der Waals surface area contributed by atoms with Gasteiger partial charge in [0.2, 0.25) is 5.89 Å². The number of benzene rings is 1. The number of aliphatic hydroxyl groups is 1. The van der Waals surface area contributed by atoms with Crippen molar-refractivity contribution in [3.63, 3.8) is 0 Å². The maximum atomic E-state index is 9.60. The summed E-state index contributed by atoms with van der Waals surface area (Å²) in [4.78, 5) is 4.17. The monoisotopic (exact) mass is 192 g/mol. The Morgan fingerprint density at radius 2 is 2.29 bits per heavy atom. The quantitative estimate of drug-likeness (QED) is 0.764. The fourth-order valence-electron chi connectivity index (χ4n) is 1.31. The summed E-state index contributed by atoms with van der Waals surface area (Å²) < 4.78 is 5.38. The third-order valence-electron chi connectivity index (χ3n) is 1.99. The molecule has 0 saturated carbocycles. The van der Waals surface area contributed by atoms with Crippen LogP contribution in [0.15, 0.2) is 28.7 Å². The molecule has 2 rings (SSSR count). The van der Waals surface area contributed by atoms with Crippen LogP contribution in [0.4, 0.5) is 0 Å². The summed E-state index contributed by atoms with van der Waals surface area (Å²) in [6, 6.07) is 7.45. The Balaban J connectivity index is 2.35. The molecule has 4 heteroatoms. The molecule has 0 saturated heterocycles. The molecule has 0 bridgehead atoms. The van der Waals surface area contributed by atoms with Crippen LogP contribution in [0.1, 0.15) is 12.0 Å². The number of fused-ring (bicyclic) bond motifs is 1. The molecule has 0 aliphatic heterocycles. The van der Waals surface area contributed by atoms with Crippen molar-refractivity contribution in [1.29, 1.82) is 0 Å². The van der Waals surface area contributed by atoms with Gasteiger partial charge in [-0.3, -0.25) is 0 Å². The molecule has 1 unspecified atom stereocenters. The molecule has 0 aliphatic carbocycles. The van der Waals surface area contributed by atoms with Gasteiger partial charge in [0.1, 0.15) is 11.6 Å². The molecule has 1 aromatic heterocycles. The van der Waals surface area contributed by atoms with E-state index in [1.165, 1.54) is 0 Å². The number of aliphatic hydroxyl groups excluding tert-OH is 1. The lowest BCUT2D eigenvalue weighted by atomic mass is 10.3. The molecule has 0 amide bonds. The van der Waals surface area contributed by atoms with E-state index < -0.39 is 6.10 Å². The summed E-state index contributed by atoms with van der Waals surface area (Å²) in [5.41, 5.74) is 1.48. The average molecular weight is 192 g/mol. The van der Waals surface area contributed by atoms with E-state index in [0.29, 0.717) is 18.0 Å². The molecule has 2 N–H and O–H groups in total. The van der Waals surface area contributed by atoms with Gasteiger partial charge < -0.3 is 14.8 Å². The van der Waals surface area contributed by atoms with Crippen LogP contribution in [-0.2, 0) is 0 Å². The van der Waals surface area contributed by atoms with Gasteiger partial charge in [-0.1, -0.05) is 12.1 Å². The summed E-state index contributed by atoms with van der Waals surface area (Å²) in [5, 5.41) is 12.5. The Bertz CT molecular complexity index is 392. The highest BCUT2D eigenvalue weighted by atomic mass is 16.4. The Morgan fingerprint density at radius 3 is 3.00 bits per heavy atom. The van der Waals surface area contributed by atoms with E-state index in [2.05, 4.69) is 10.3 Å². The van der Waals surface area contributed by atoms with E-state index in [1.54, 1.807) is 7.05 Å². The number of nitrogens with one attached hydrogen (secondary N) is 1. The fraction of sp³-hybridized carbons (Fsp3) is 0.300. The number of rotatable bonds is 3. The minimum atomic E-state index is -0.688. The second-order valence-electron chi connectivity index (χ2n) is 3.09. The molecule has 74 valence electrons. The zero-order valence-electron chi connectivity index (χ0n) is 7.90. The normalized spacial score (nSPS) is 13.3.